The zero-order valence-corrected chi connectivity index (χ0v) is 8.48. The second-order valence-corrected chi connectivity index (χ2v) is 3.66. The molecule has 0 amide bonds. The quantitative estimate of drug-likeness (QED) is 0.426. The lowest BCUT2D eigenvalue weighted by Gasteiger charge is -2.13. The Bertz CT molecular complexity index is 433. The molecule has 7 nitrogen and oxygen atoms in total. The van der Waals surface area contributed by atoms with Crippen molar-refractivity contribution in [2.45, 2.75) is 24.9 Å². The largest absolute Gasteiger partial charge is 0.394 e. The van der Waals surface area contributed by atoms with Gasteiger partial charge in [0.1, 0.15) is 18.1 Å². The van der Waals surface area contributed by atoms with Gasteiger partial charge in [-0.15, -0.1) is 0 Å². The molecule has 7 heteroatoms. The van der Waals surface area contributed by atoms with E-state index in [4.69, 9.17) is 15.6 Å². The maximum absolute atomic E-state index is 11.5. The Morgan fingerprint density at radius 1 is 1.69 bits per heavy atom. The van der Waals surface area contributed by atoms with Crippen molar-refractivity contribution in [2.75, 3.05) is 12.3 Å². The molecule has 1 aromatic heterocycles. The highest BCUT2D eigenvalue weighted by molar-refractivity contribution is 5.23. The first kappa shape index (κ1) is 11.1. The Morgan fingerprint density at radius 2 is 2.44 bits per heavy atom. The molecule has 1 saturated heterocycles. The number of aliphatic hydroxyl groups is 2. The van der Waals surface area contributed by atoms with E-state index >= 15 is 0 Å². The molecule has 88 valence electrons. The van der Waals surface area contributed by atoms with Gasteiger partial charge in [-0.05, 0) is 6.07 Å². The summed E-state index contributed by atoms with van der Waals surface area (Å²) in [4.78, 5) is 15.0. The predicted molar refractivity (Wildman–Crippen MR) is 54.5 cm³/mol. The number of hydrogen-bond donors (Lipinski definition) is 3. The smallest absolute Gasteiger partial charge is 0.351 e. The number of ether oxygens (including phenoxy) is 1. The summed E-state index contributed by atoms with van der Waals surface area (Å²) in [5, 5.41) is 18.4. The van der Waals surface area contributed by atoms with Gasteiger partial charge in [-0.2, -0.15) is 4.98 Å². The normalized spacial score (nSPS) is 29.5. The summed E-state index contributed by atoms with van der Waals surface area (Å²) >= 11 is 0. The van der Waals surface area contributed by atoms with Crippen molar-refractivity contribution in [1.29, 1.82) is 0 Å². The number of aromatic nitrogens is 2. The fourth-order valence-corrected chi connectivity index (χ4v) is 1.70. The lowest BCUT2D eigenvalue weighted by atomic mass is 11.1. The summed E-state index contributed by atoms with van der Waals surface area (Å²) in [6, 6.07) is 1.48. The van der Waals surface area contributed by atoms with Gasteiger partial charge >= 0.3 is 5.69 Å². The number of nitrogens with two attached hydrogens (primary N) is 1. The summed E-state index contributed by atoms with van der Waals surface area (Å²) in [5.41, 5.74) is 4.82. The molecule has 0 saturated carbocycles. The van der Waals surface area contributed by atoms with Gasteiger partial charge < -0.3 is 20.7 Å². The third-order valence-corrected chi connectivity index (χ3v) is 2.55. The van der Waals surface area contributed by atoms with Crippen molar-refractivity contribution < 1.29 is 14.9 Å². The molecule has 1 aliphatic heterocycles. The standard InChI is InChI=1S/C9H13N3O4/c10-7-1-2-12(9(15)11-7)8-3-5(14)6(4-13)16-8/h1-2,5-6,8,13-14H,3-4H2,(H2,10,11,15)/t5-,6-,8-/m1/s1/i1+1,2+1,3+1,4+1,5+1,6+1,7+1,8+1,9+1,10+1,11+1,12+1. The minimum atomic E-state index is -0.778. The topological polar surface area (TPSA) is 111 Å². The molecule has 1 fully saturated rings. The van der Waals surface area contributed by atoms with Gasteiger partial charge in [0.25, 0.3) is 0 Å². The molecule has 2 heterocycles. The van der Waals surface area contributed by atoms with Gasteiger partial charge in [0.05, 0.1) is 12.7 Å². The van der Waals surface area contributed by atoms with E-state index in [-0.39, 0.29) is 18.8 Å². The Hall–Kier alpha value is -1.44. The molecule has 16 heavy (non-hydrogen) atoms. The van der Waals surface area contributed by atoms with Crippen molar-refractivity contribution in [2.24, 2.45) is 0 Å². The minimum absolute atomic E-state index is 0.138. The Kier molecular flexibility index (Phi) is 2.90. The third-order valence-electron chi connectivity index (χ3n) is 2.55. The van der Waals surface area contributed by atoms with Crippen LogP contribution in [0.5, 0.6) is 0 Å². The van der Waals surface area contributed by atoms with Gasteiger partial charge in [-0.25, -0.2) is 4.79 Å². The highest BCUT2D eigenvalue weighted by atomic mass is 16.8. The maximum atomic E-state index is 11.5. The first-order chi connectivity index (χ1) is 7.61. The number of anilines is 1. The summed E-state index contributed by atoms with van der Waals surface area (Å²) in [7, 11) is 0. The Balaban J connectivity index is 2.23. The summed E-state index contributed by atoms with van der Waals surface area (Å²) in [6.07, 6.45) is -0.333. The van der Waals surface area contributed by atoms with E-state index in [1.165, 1.54) is 16.8 Å². The van der Waals surface area contributed by atoms with Gasteiger partial charge in [-0.3, -0.25) is 4.57 Å². The van der Waals surface area contributed by atoms with E-state index in [1.54, 1.807) is 0 Å². The summed E-state index contributed by atoms with van der Waals surface area (Å²) < 4.78 is 6.56. The molecule has 4 N–H and O–H groups in total. The molecule has 3 atom stereocenters. The molecule has 1 aliphatic rings. The molecular weight excluding hydrogens is 226 g/mol. The van der Waals surface area contributed by atoms with E-state index in [9.17, 15) is 9.90 Å². The SMILES string of the molecule is [15NH2][13c]1[13cH][13cH][15n]([13C@H]2[13CH2][13C@@H](O)[13C@@H]([13CH2]O)O2)[13c](=O)[15n]1. The minimum Gasteiger partial charge on any atom is -0.394 e. The first-order valence-corrected chi connectivity index (χ1v) is 4.91. The van der Waals surface area contributed by atoms with E-state index in [2.05, 4.69) is 4.98 Å². The maximum Gasteiger partial charge on any atom is 0.351 e. The van der Waals surface area contributed by atoms with Crippen LogP contribution >= 0.6 is 0 Å². The molecule has 0 unspecified atom stereocenters. The zero-order valence-electron chi connectivity index (χ0n) is 8.48. The predicted octanol–water partition coefficient (Wildman–Crippen LogP) is -1.53. The van der Waals surface area contributed by atoms with E-state index in [1.807, 2.05) is 0 Å². The molecule has 0 aromatic carbocycles. The summed E-state index contributed by atoms with van der Waals surface area (Å²) in [5.74, 6) is 0.138. The van der Waals surface area contributed by atoms with Crippen molar-refractivity contribution in [3.63, 3.8) is 0 Å². The number of rotatable bonds is 2. The monoisotopic (exact) mass is 239 g/mol. The van der Waals surface area contributed by atoms with Crippen molar-refractivity contribution >= 4 is 5.82 Å². The van der Waals surface area contributed by atoms with E-state index in [0.29, 0.717) is 0 Å². The average Bonchev–Trinajstić information content (AvgIpc) is 2.59. The number of hydrogen-bond acceptors (Lipinski definition) is 6. The molecule has 0 bridgehead atoms. The second kappa shape index (κ2) is 4.20. The molecule has 0 spiro atoms. The summed E-state index contributed by atoms with van der Waals surface area (Å²) in [6.45, 7) is -0.283. The highest BCUT2D eigenvalue weighted by Gasteiger charge is 2.34. The van der Waals surface area contributed by atoms with Crippen molar-refractivity contribution in [1.82, 2.24) is 9.55 Å². The van der Waals surface area contributed by atoms with E-state index < -0.39 is 24.1 Å². The number of nitrogens with zero attached hydrogens (tertiary/aromatic N) is 2. The fraction of sp³-hybridized carbons (Fsp3) is 0.556. The Morgan fingerprint density at radius 3 is 3.00 bits per heavy atom. The van der Waals surface area contributed by atoms with Crippen LogP contribution in [0.15, 0.2) is 17.1 Å². The van der Waals surface area contributed by atoms with Crippen LogP contribution in [0.4, 0.5) is 5.82 Å². The van der Waals surface area contributed by atoms with Crippen molar-refractivity contribution in [3.05, 3.63) is 22.7 Å². The van der Waals surface area contributed by atoms with Crippen LogP contribution in [-0.2, 0) is 4.74 Å². The highest BCUT2D eigenvalue weighted by Crippen LogP contribution is 2.27. The number of aliphatic hydroxyl groups excluding tert-OH is 2. The van der Waals surface area contributed by atoms with Crippen LogP contribution in [0, 0.1) is 0 Å². The average molecular weight is 239 g/mol. The molecular formula is C9H13N3O4. The molecule has 2 rings (SSSR count). The lowest BCUT2D eigenvalue weighted by Crippen LogP contribution is -2.27. The van der Waals surface area contributed by atoms with Crippen LogP contribution in [0.3, 0.4) is 0 Å². The number of nitrogen functional groups attached to an aromatic ring is 1. The van der Waals surface area contributed by atoms with Crippen LogP contribution in [0.25, 0.3) is 0 Å². The van der Waals surface area contributed by atoms with Crippen molar-refractivity contribution in [3.8, 4) is 0 Å². The van der Waals surface area contributed by atoms with Crippen LogP contribution in [0.1, 0.15) is 12.6 Å². The van der Waals surface area contributed by atoms with Crippen LogP contribution < -0.4 is 11.4 Å². The van der Waals surface area contributed by atoms with E-state index in [0.717, 1.165) is 0 Å². The second-order valence-electron chi connectivity index (χ2n) is 3.66. The lowest BCUT2D eigenvalue weighted by molar-refractivity contribution is -0.0458. The molecule has 0 radical (unpaired) electrons. The van der Waals surface area contributed by atoms with Gasteiger partial charge in [-0.1, -0.05) is 0 Å². The Labute approximate surface area is 91.1 Å². The van der Waals surface area contributed by atoms with Crippen LogP contribution in [0.2, 0.25) is 0 Å². The van der Waals surface area contributed by atoms with Gasteiger partial charge in [0.2, 0.25) is 0 Å². The fourth-order valence-electron chi connectivity index (χ4n) is 1.70. The van der Waals surface area contributed by atoms with Gasteiger partial charge in [0, 0.05) is 12.6 Å². The molecule has 1 aromatic rings. The van der Waals surface area contributed by atoms with Gasteiger partial charge in [0.15, 0.2) is 0 Å². The molecule has 0 aliphatic carbocycles. The zero-order chi connectivity index (χ0) is 11.7. The first-order valence-electron chi connectivity index (χ1n) is 4.91. The van der Waals surface area contributed by atoms with Crippen LogP contribution in [-0.4, -0.2) is 38.6 Å². The third kappa shape index (κ3) is 1.92.